The molecule has 0 amide bonds. The van der Waals surface area contributed by atoms with E-state index >= 15 is 0 Å². The summed E-state index contributed by atoms with van der Waals surface area (Å²) in [6.45, 7) is 5.77. The minimum absolute atomic E-state index is 0.572. The molecule has 0 bridgehead atoms. The second kappa shape index (κ2) is 6.14. The Morgan fingerprint density at radius 1 is 1.22 bits per heavy atom. The van der Waals surface area contributed by atoms with Crippen molar-refractivity contribution in [1.82, 2.24) is 8.23 Å². The first kappa shape index (κ1) is 14.0. The maximum atomic E-state index is 13.2. The van der Waals surface area contributed by atoms with Crippen molar-refractivity contribution in [3.8, 4) is 0 Å². The minimum atomic E-state index is -2.43. The topological polar surface area (TPSA) is 35.9 Å². The first-order chi connectivity index (χ1) is 8.66. The predicted molar refractivity (Wildman–Crippen MR) is 77.9 cm³/mol. The molecule has 1 fully saturated rings. The lowest BCUT2D eigenvalue weighted by Crippen LogP contribution is -2.45. The maximum absolute atomic E-state index is 13.2. The Morgan fingerprint density at radius 2 is 1.83 bits per heavy atom. The van der Waals surface area contributed by atoms with Crippen molar-refractivity contribution >= 4 is 26.1 Å². The van der Waals surface area contributed by atoms with Crippen LogP contribution in [-0.2, 0) is 9.92 Å². The molecular formula is C12H18BrN3OS. The fraction of sp³-hybridized carbons (Fsp3) is 0.500. The minimum Gasteiger partial charge on any atom is -0.240 e. The van der Waals surface area contributed by atoms with Gasteiger partial charge in [-0.25, -0.2) is 16.8 Å². The van der Waals surface area contributed by atoms with Gasteiger partial charge in [-0.05, 0) is 19.1 Å². The number of rotatable bonds is 3. The first-order valence-electron chi connectivity index (χ1n) is 6.10. The van der Waals surface area contributed by atoms with Crippen molar-refractivity contribution in [2.24, 2.45) is 4.36 Å². The second-order valence-corrected chi connectivity index (χ2v) is 7.34. The third kappa shape index (κ3) is 2.93. The molecule has 1 saturated heterocycles. The smallest absolute Gasteiger partial charge is 0.139 e. The van der Waals surface area contributed by atoms with Gasteiger partial charge in [-0.2, -0.15) is 0 Å². The van der Waals surface area contributed by atoms with E-state index in [2.05, 4.69) is 24.4 Å². The zero-order chi connectivity index (χ0) is 13.0. The van der Waals surface area contributed by atoms with Crippen LogP contribution in [0.15, 0.2) is 39.6 Å². The molecular weight excluding hydrogens is 314 g/mol. The molecule has 6 heteroatoms. The highest BCUT2D eigenvalue weighted by Crippen LogP contribution is 2.20. The average molecular weight is 332 g/mol. The molecule has 1 atom stereocenters. The Kier molecular flexibility index (Phi) is 4.77. The van der Waals surface area contributed by atoms with E-state index in [0.29, 0.717) is 6.54 Å². The van der Waals surface area contributed by atoms with Crippen LogP contribution < -0.4 is 0 Å². The third-order valence-corrected chi connectivity index (χ3v) is 6.16. The van der Waals surface area contributed by atoms with Crippen LogP contribution in [0.5, 0.6) is 0 Å². The van der Waals surface area contributed by atoms with Gasteiger partial charge in [0.05, 0.1) is 4.90 Å². The van der Waals surface area contributed by atoms with Crippen molar-refractivity contribution in [3.05, 3.63) is 30.3 Å². The number of hydrogen-bond donors (Lipinski definition) is 0. The Morgan fingerprint density at radius 3 is 2.39 bits per heavy atom. The van der Waals surface area contributed by atoms with Crippen molar-refractivity contribution in [1.29, 1.82) is 0 Å². The Balaban J connectivity index is 2.34. The summed E-state index contributed by atoms with van der Waals surface area (Å²) in [5.41, 5.74) is 0. The quantitative estimate of drug-likeness (QED) is 0.797. The molecule has 1 heterocycles. The van der Waals surface area contributed by atoms with E-state index in [1.54, 1.807) is 0 Å². The van der Waals surface area contributed by atoms with Crippen LogP contribution in [0.25, 0.3) is 0 Å². The summed E-state index contributed by atoms with van der Waals surface area (Å²) < 4.78 is 21.6. The van der Waals surface area contributed by atoms with Gasteiger partial charge in [0.15, 0.2) is 0 Å². The molecule has 4 nitrogen and oxygen atoms in total. The van der Waals surface area contributed by atoms with Crippen molar-refractivity contribution in [2.45, 2.75) is 11.8 Å². The fourth-order valence-corrected chi connectivity index (χ4v) is 4.44. The Bertz CT molecular complexity index is 491. The summed E-state index contributed by atoms with van der Waals surface area (Å²) in [5.74, 6) is 0. The van der Waals surface area contributed by atoms with Gasteiger partial charge in [-0.1, -0.05) is 18.2 Å². The highest BCUT2D eigenvalue weighted by atomic mass is 79.9. The normalized spacial score (nSPS) is 21.4. The SMILES string of the molecule is CCN=S(=O)(c1ccccc1)N1CCN(Br)CC1. The van der Waals surface area contributed by atoms with Gasteiger partial charge in [0.1, 0.15) is 9.92 Å². The van der Waals surface area contributed by atoms with Crippen LogP contribution in [0.3, 0.4) is 0 Å². The lowest BCUT2D eigenvalue weighted by Gasteiger charge is -2.32. The molecule has 0 spiro atoms. The van der Waals surface area contributed by atoms with Crippen LogP contribution in [-0.4, -0.2) is 45.2 Å². The molecule has 100 valence electrons. The summed E-state index contributed by atoms with van der Waals surface area (Å²) in [6.07, 6.45) is 0. The Labute approximate surface area is 118 Å². The van der Waals surface area contributed by atoms with E-state index in [-0.39, 0.29) is 0 Å². The number of hydrogen-bond acceptors (Lipinski definition) is 3. The number of benzene rings is 1. The van der Waals surface area contributed by atoms with E-state index in [1.807, 2.05) is 41.6 Å². The van der Waals surface area contributed by atoms with Crippen molar-refractivity contribution < 1.29 is 4.21 Å². The molecule has 0 N–H and O–H groups in total. The Hall–Kier alpha value is -0.430. The summed E-state index contributed by atoms with van der Waals surface area (Å²) in [4.78, 5) is 0.815. The van der Waals surface area contributed by atoms with Gasteiger partial charge in [-0.15, -0.1) is 0 Å². The highest BCUT2D eigenvalue weighted by molar-refractivity contribution is 9.07. The van der Waals surface area contributed by atoms with Crippen LogP contribution in [0.2, 0.25) is 0 Å². The van der Waals surface area contributed by atoms with Crippen molar-refractivity contribution in [3.63, 3.8) is 0 Å². The highest BCUT2D eigenvalue weighted by Gasteiger charge is 2.25. The van der Waals surface area contributed by atoms with Gasteiger partial charge in [0.2, 0.25) is 0 Å². The lowest BCUT2D eigenvalue weighted by atomic mass is 10.4. The summed E-state index contributed by atoms with van der Waals surface area (Å²) in [5, 5.41) is 0. The summed E-state index contributed by atoms with van der Waals surface area (Å²) in [7, 11) is -2.43. The number of piperazine rings is 1. The molecule has 1 aliphatic rings. The standard InChI is InChI=1S/C12H18BrN3OS/c1-2-14-18(17,12-6-4-3-5-7-12)16-10-8-15(13)9-11-16/h3-7H,2,8-11H2,1H3. The second-order valence-electron chi connectivity index (χ2n) is 4.09. The molecule has 18 heavy (non-hydrogen) atoms. The molecule has 1 aromatic rings. The zero-order valence-electron chi connectivity index (χ0n) is 10.5. The van der Waals surface area contributed by atoms with Crippen LogP contribution in [0.4, 0.5) is 0 Å². The van der Waals surface area contributed by atoms with E-state index in [4.69, 9.17) is 0 Å². The average Bonchev–Trinajstić information content (AvgIpc) is 2.40. The predicted octanol–water partition coefficient (Wildman–Crippen LogP) is 2.38. The molecule has 1 unspecified atom stereocenters. The summed E-state index contributed by atoms with van der Waals surface area (Å²) >= 11 is 3.46. The molecule has 0 saturated carbocycles. The lowest BCUT2D eigenvalue weighted by molar-refractivity contribution is 0.304. The molecule has 0 radical (unpaired) electrons. The molecule has 1 aliphatic heterocycles. The van der Waals surface area contributed by atoms with Gasteiger partial charge >= 0.3 is 0 Å². The van der Waals surface area contributed by atoms with Gasteiger partial charge < -0.3 is 0 Å². The van der Waals surface area contributed by atoms with Gasteiger partial charge in [0.25, 0.3) is 0 Å². The van der Waals surface area contributed by atoms with Crippen LogP contribution in [0, 0.1) is 0 Å². The maximum Gasteiger partial charge on any atom is 0.139 e. The molecule has 0 aliphatic carbocycles. The molecule has 0 aromatic heterocycles. The molecule has 1 aromatic carbocycles. The van der Waals surface area contributed by atoms with Crippen LogP contribution in [0.1, 0.15) is 6.92 Å². The zero-order valence-corrected chi connectivity index (χ0v) is 12.9. The number of halogens is 1. The van der Waals surface area contributed by atoms with E-state index < -0.39 is 9.92 Å². The van der Waals surface area contributed by atoms with E-state index in [0.717, 1.165) is 31.1 Å². The third-order valence-electron chi connectivity index (χ3n) is 2.89. The molecule has 2 rings (SSSR count). The van der Waals surface area contributed by atoms with Crippen LogP contribution >= 0.6 is 16.1 Å². The van der Waals surface area contributed by atoms with Gasteiger partial charge in [0, 0.05) is 48.9 Å². The number of nitrogens with zero attached hydrogens (tertiary/aromatic N) is 3. The van der Waals surface area contributed by atoms with E-state index in [9.17, 15) is 4.21 Å². The first-order valence-corrected chi connectivity index (χ1v) is 8.29. The van der Waals surface area contributed by atoms with E-state index in [1.165, 1.54) is 0 Å². The monoisotopic (exact) mass is 331 g/mol. The fourth-order valence-electron chi connectivity index (χ4n) is 1.99. The van der Waals surface area contributed by atoms with Gasteiger partial charge in [-0.3, -0.25) is 0 Å². The summed E-state index contributed by atoms with van der Waals surface area (Å²) in [6, 6.07) is 9.58. The largest absolute Gasteiger partial charge is 0.240 e. The van der Waals surface area contributed by atoms with Crippen molar-refractivity contribution in [2.75, 3.05) is 32.7 Å².